The van der Waals surface area contributed by atoms with Gasteiger partial charge in [-0.2, -0.15) is 0 Å². The molecule has 1 aliphatic rings. The Morgan fingerprint density at radius 1 is 1.45 bits per heavy atom. The first kappa shape index (κ1) is 14.7. The van der Waals surface area contributed by atoms with Crippen LogP contribution >= 0.6 is 0 Å². The van der Waals surface area contributed by atoms with Crippen LogP contribution in [0.4, 0.5) is 5.82 Å². The number of nitrogens with one attached hydrogen (secondary N) is 1. The average molecular weight is 307 g/mol. The summed E-state index contributed by atoms with van der Waals surface area (Å²) in [7, 11) is 0. The number of aromatic nitrogens is 3. The number of imidazole rings is 1. The van der Waals surface area contributed by atoms with E-state index in [4.69, 9.17) is 10.6 Å². The van der Waals surface area contributed by atoms with E-state index < -0.39 is 30.3 Å². The lowest BCUT2D eigenvalue weighted by atomic mass is 10.2. The third-order valence-corrected chi connectivity index (χ3v) is 3.90. The standard InChI is InChI=1S/C13H17N5O4/c1-6(19)22-9-4-8(11(20)12(9)21)18-5-16-10-7(18)2-3-15-13(10)17-14/h2-3,5,8-9,11-12,20-21H,4,14H2,1H3,(H,15,17)/t8-,9+,11+,12-/m1/s1. The van der Waals surface area contributed by atoms with Crippen molar-refractivity contribution in [3.63, 3.8) is 0 Å². The van der Waals surface area contributed by atoms with E-state index in [2.05, 4.69) is 15.4 Å². The second kappa shape index (κ2) is 5.52. The Bertz CT molecular complexity index is 703. The number of fused-ring (bicyclic) bond motifs is 1. The highest BCUT2D eigenvalue weighted by Gasteiger charge is 2.44. The molecule has 9 nitrogen and oxygen atoms in total. The van der Waals surface area contributed by atoms with Gasteiger partial charge in [-0.25, -0.2) is 15.8 Å². The summed E-state index contributed by atoms with van der Waals surface area (Å²) in [6, 6.07) is 1.28. The number of hydrogen-bond acceptors (Lipinski definition) is 8. The fraction of sp³-hybridized carbons (Fsp3) is 0.462. The molecular formula is C13H17N5O4. The molecule has 1 aliphatic carbocycles. The summed E-state index contributed by atoms with van der Waals surface area (Å²) in [4.78, 5) is 19.4. The minimum atomic E-state index is -1.14. The molecule has 2 aromatic heterocycles. The van der Waals surface area contributed by atoms with Crippen molar-refractivity contribution in [1.82, 2.24) is 14.5 Å². The highest BCUT2D eigenvalue weighted by atomic mass is 16.6. The molecule has 2 aromatic rings. The third-order valence-electron chi connectivity index (χ3n) is 3.90. The maximum atomic E-state index is 11.1. The quantitative estimate of drug-likeness (QED) is 0.332. The molecule has 0 saturated heterocycles. The van der Waals surface area contributed by atoms with Crippen molar-refractivity contribution < 1.29 is 19.7 Å². The predicted molar refractivity (Wildman–Crippen MR) is 76.6 cm³/mol. The average Bonchev–Trinajstić information content (AvgIpc) is 3.03. The molecule has 0 aromatic carbocycles. The molecule has 0 spiro atoms. The molecule has 5 N–H and O–H groups in total. The van der Waals surface area contributed by atoms with E-state index in [1.54, 1.807) is 23.2 Å². The number of carbonyl (C=O) groups excluding carboxylic acids is 1. The van der Waals surface area contributed by atoms with Crippen LogP contribution in [0.5, 0.6) is 0 Å². The molecule has 0 aliphatic heterocycles. The van der Waals surface area contributed by atoms with Crippen LogP contribution < -0.4 is 11.3 Å². The summed E-state index contributed by atoms with van der Waals surface area (Å²) >= 11 is 0. The number of aliphatic hydroxyl groups excluding tert-OH is 2. The summed E-state index contributed by atoms with van der Waals surface area (Å²) in [5.74, 6) is 5.32. The number of anilines is 1. The molecule has 1 fully saturated rings. The Kier molecular flexibility index (Phi) is 3.69. The van der Waals surface area contributed by atoms with E-state index in [0.29, 0.717) is 23.3 Å². The molecule has 1 saturated carbocycles. The Morgan fingerprint density at radius 3 is 2.91 bits per heavy atom. The Balaban J connectivity index is 1.96. The maximum Gasteiger partial charge on any atom is 0.302 e. The molecule has 9 heteroatoms. The van der Waals surface area contributed by atoms with Crippen LogP contribution in [0.1, 0.15) is 19.4 Å². The number of carbonyl (C=O) groups is 1. The summed E-state index contributed by atoms with van der Waals surface area (Å²) in [5, 5.41) is 20.3. The molecular weight excluding hydrogens is 290 g/mol. The SMILES string of the molecule is CC(=O)O[C@H]1C[C@@H](n2cnc3c(NN)nccc32)[C@H](O)[C@@H]1O. The van der Waals surface area contributed by atoms with Gasteiger partial charge in [0.2, 0.25) is 0 Å². The largest absolute Gasteiger partial charge is 0.460 e. The molecule has 0 amide bonds. The van der Waals surface area contributed by atoms with E-state index >= 15 is 0 Å². The summed E-state index contributed by atoms with van der Waals surface area (Å²) < 4.78 is 6.78. The van der Waals surface area contributed by atoms with Crippen LogP contribution in [-0.2, 0) is 9.53 Å². The normalized spacial score (nSPS) is 28.0. The Labute approximate surface area is 125 Å². The topological polar surface area (TPSA) is 136 Å². The van der Waals surface area contributed by atoms with E-state index in [1.165, 1.54) is 6.92 Å². The zero-order valence-electron chi connectivity index (χ0n) is 11.9. The van der Waals surface area contributed by atoms with Gasteiger partial charge in [-0.1, -0.05) is 0 Å². The smallest absolute Gasteiger partial charge is 0.302 e. The first-order valence-corrected chi connectivity index (χ1v) is 6.84. The molecule has 4 atom stereocenters. The highest BCUT2D eigenvalue weighted by molar-refractivity contribution is 5.85. The number of nitrogens with zero attached hydrogens (tertiary/aromatic N) is 3. The number of hydrogen-bond donors (Lipinski definition) is 4. The van der Waals surface area contributed by atoms with Crippen LogP contribution in [0.25, 0.3) is 11.0 Å². The molecule has 0 radical (unpaired) electrons. The Hall–Kier alpha value is -2.23. The molecule has 0 unspecified atom stereocenters. The van der Waals surface area contributed by atoms with Crippen LogP contribution in [0.2, 0.25) is 0 Å². The molecule has 0 bridgehead atoms. The van der Waals surface area contributed by atoms with Crippen molar-refractivity contribution >= 4 is 22.8 Å². The lowest BCUT2D eigenvalue weighted by Crippen LogP contribution is -2.33. The van der Waals surface area contributed by atoms with Gasteiger partial charge in [0.05, 0.1) is 17.9 Å². The summed E-state index contributed by atoms with van der Waals surface area (Å²) in [5.41, 5.74) is 3.73. The number of rotatable bonds is 3. The highest BCUT2D eigenvalue weighted by Crippen LogP contribution is 2.35. The van der Waals surface area contributed by atoms with Crippen molar-refractivity contribution in [2.45, 2.75) is 37.7 Å². The fourth-order valence-electron chi connectivity index (χ4n) is 2.90. The van der Waals surface area contributed by atoms with Gasteiger partial charge in [-0.3, -0.25) is 4.79 Å². The minimum Gasteiger partial charge on any atom is -0.460 e. The second-order valence-corrected chi connectivity index (χ2v) is 5.26. The minimum absolute atomic E-state index is 0.293. The molecule has 3 rings (SSSR count). The number of ether oxygens (including phenoxy) is 1. The number of esters is 1. The Morgan fingerprint density at radius 2 is 2.23 bits per heavy atom. The number of hydrazine groups is 1. The van der Waals surface area contributed by atoms with Gasteiger partial charge in [0, 0.05) is 19.5 Å². The van der Waals surface area contributed by atoms with Crippen molar-refractivity contribution in [2.24, 2.45) is 5.84 Å². The van der Waals surface area contributed by atoms with E-state index in [-0.39, 0.29) is 0 Å². The monoisotopic (exact) mass is 307 g/mol. The fourth-order valence-corrected chi connectivity index (χ4v) is 2.90. The number of pyridine rings is 1. The van der Waals surface area contributed by atoms with Crippen LogP contribution in [-0.4, -0.2) is 49.0 Å². The summed E-state index contributed by atoms with van der Waals surface area (Å²) in [6.45, 7) is 1.27. The van der Waals surface area contributed by atoms with Gasteiger partial charge >= 0.3 is 5.97 Å². The van der Waals surface area contributed by atoms with Gasteiger partial charge in [0.25, 0.3) is 0 Å². The van der Waals surface area contributed by atoms with Crippen LogP contribution in [0.15, 0.2) is 18.6 Å². The first-order chi connectivity index (χ1) is 10.5. The van der Waals surface area contributed by atoms with Crippen LogP contribution in [0.3, 0.4) is 0 Å². The molecule has 2 heterocycles. The zero-order chi connectivity index (χ0) is 15.9. The number of aliphatic hydroxyl groups is 2. The van der Waals surface area contributed by atoms with E-state index in [1.807, 2.05) is 0 Å². The van der Waals surface area contributed by atoms with Crippen molar-refractivity contribution in [3.8, 4) is 0 Å². The van der Waals surface area contributed by atoms with Gasteiger partial charge in [0.1, 0.15) is 23.8 Å². The zero-order valence-corrected chi connectivity index (χ0v) is 11.9. The molecule has 22 heavy (non-hydrogen) atoms. The number of nitrogen functional groups attached to an aromatic ring is 1. The summed E-state index contributed by atoms with van der Waals surface area (Å²) in [6.07, 6.45) is 0.454. The van der Waals surface area contributed by atoms with Gasteiger partial charge < -0.3 is 24.9 Å². The first-order valence-electron chi connectivity index (χ1n) is 6.84. The van der Waals surface area contributed by atoms with Crippen molar-refractivity contribution in [3.05, 3.63) is 18.6 Å². The molecule has 118 valence electrons. The lowest BCUT2D eigenvalue weighted by Gasteiger charge is -2.18. The predicted octanol–water partition coefficient (Wildman–Crippen LogP) is -0.685. The second-order valence-electron chi connectivity index (χ2n) is 5.26. The van der Waals surface area contributed by atoms with Crippen molar-refractivity contribution in [1.29, 1.82) is 0 Å². The van der Waals surface area contributed by atoms with Crippen LogP contribution in [0, 0.1) is 0 Å². The number of nitrogens with two attached hydrogens (primary N) is 1. The van der Waals surface area contributed by atoms with Crippen molar-refractivity contribution in [2.75, 3.05) is 5.43 Å². The van der Waals surface area contributed by atoms with E-state index in [0.717, 1.165) is 0 Å². The van der Waals surface area contributed by atoms with Gasteiger partial charge in [-0.15, -0.1) is 0 Å². The van der Waals surface area contributed by atoms with Gasteiger partial charge in [-0.05, 0) is 6.07 Å². The third kappa shape index (κ3) is 2.28. The van der Waals surface area contributed by atoms with Gasteiger partial charge in [0.15, 0.2) is 5.82 Å². The lowest BCUT2D eigenvalue weighted by molar-refractivity contribution is -0.152. The maximum absolute atomic E-state index is 11.1. The van der Waals surface area contributed by atoms with E-state index in [9.17, 15) is 15.0 Å².